The molecule has 21 heavy (non-hydrogen) atoms. The molecule has 1 aromatic rings. The highest BCUT2D eigenvalue weighted by molar-refractivity contribution is 5.82. The lowest BCUT2D eigenvalue weighted by atomic mass is 10.1. The van der Waals surface area contributed by atoms with E-state index >= 15 is 0 Å². The molecule has 3 rings (SSSR count). The predicted octanol–water partition coefficient (Wildman–Crippen LogP) is 2.11. The quantitative estimate of drug-likeness (QED) is 0.848. The van der Waals surface area contributed by atoms with Crippen molar-refractivity contribution in [3.05, 3.63) is 35.6 Å². The van der Waals surface area contributed by atoms with Crippen molar-refractivity contribution in [3.8, 4) is 0 Å². The molecule has 4 heteroatoms. The van der Waals surface area contributed by atoms with Gasteiger partial charge in [-0.05, 0) is 56.6 Å². The third-order valence-electron chi connectivity index (χ3n) is 4.60. The molecular weight excluding hydrogens is 267 g/mol. The van der Waals surface area contributed by atoms with Crippen LogP contribution in [0.5, 0.6) is 0 Å². The topological polar surface area (TPSA) is 23.6 Å². The number of ketones is 1. The maximum Gasteiger partial charge on any atom is 0.151 e. The van der Waals surface area contributed by atoms with Crippen LogP contribution in [-0.2, 0) is 11.2 Å². The molecule has 0 aliphatic carbocycles. The van der Waals surface area contributed by atoms with Crippen LogP contribution >= 0.6 is 0 Å². The Balaban J connectivity index is 1.53. The molecule has 3 nitrogen and oxygen atoms in total. The van der Waals surface area contributed by atoms with Crippen LogP contribution in [0, 0.1) is 5.82 Å². The van der Waals surface area contributed by atoms with Gasteiger partial charge in [-0.1, -0.05) is 12.1 Å². The predicted molar refractivity (Wildman–Crippen MR) is 80.8 cm³/mol. The third-order valence-corrected chi connectivity index (χ3v) is 4.60. The first-order valence-electron chi connectivity index (χ1n) is 7.93. The minimum Gasteiger partial charge on any atom is -0.299 e. The van der Waals surface area contributed by atoms with Gasteiger partial charge in [0.05, 0.1) is 6.54 Å². The molecule has 0 bridgehead atoms. The first kappa shape index (κ1) is 14.7. The van der Waals surface area contributed by atoms with Crippen molar-refractivity contribution in [2.24, 2.45) is 0 Å². The molecule has 114 valence electrons. The van der Waals surface area contributed by atoms with E-state index in [1.807, 2.05) is 0 Å². The normalized spacial score (nSPS) is 23.8. The highest BCUT2D eigenvalue weighted by Crippen LogP contribution is 2.21. The van der Waals surface area contributed by atoms with Crippen LogP contribution < -0.4 is 0 Å². The minimum atomic E-state index is -0.250. The van der Waals surface area contributed by atoms with Gasteiger partial charge < -0.3 is 0 Å². The Morgan fingerprint density at radius 3 is 2.71 bits per heavy atom. The molecule has 0 saturated carbocycles. The summed E-state index contributed by atoms with van der Waals surface area (Å²) in [5.74, 6) is -0.0203. The summed E-state index contributed by atoms with van der Waals surface area (Å²) >= 11 is 0. The molecule has 2 fully saturated rings. The van der Waals surface area contributed by atoms with Crippen LogP contribution in [0.2, 0.25) is 0 Å². The summed E-state index contributed by atoms with van der Waals surface area (Å²) in [6.07, 6.45) is 4.12. The van der Waals surface area contributed by atoms with E-state index in [0.717, 1.165) is 25.1 Å². The average molecular weight is 290 g/mol. The Kier molecular flexibility index (Phi) is 4.66. The Labute approximate surface area is 125 Å². The maximum atomic E-state index is 12.9. The molecule has 2 heterocycles. The summed E-state index contributed by atoms with van der Waals surface area (Å²) in [6.45, 7) is 4.97. The Bertz CT molecular complexity index is 488. The molecule has 1 unspecified atom stereocenters. The van der Waals surface area contributed by atoms with Crippen molar-refractivity contribution in [2.75, 3.05) is 32.7 Å². The smallest absolute Gasteiger partial charge is 0.151 e. The number of carbonyl (C=O) groups excluding carboxylic acids is 1. The summed E-state index contributed by atoms with van der Waals surface area (Å²) in [5, 5.41) is 0. The summed E-state index contributed by atoms with van der Waals surface area (Å²) < 4.78 is 12.9. The van der Waals surface area contributed by atoms with Crippen molar-refractivity contribution < 1.29 is 9.18 Å². The van der Waals surface area contributed by atoms with Crippen molar-refractivity contribution in [3.63, 3.8) is 0 Å². The Morgan fingerprint density at radius 1 is 1.14 bits per heavy atom. The SMILES string of the molecule is O=C(Cc1ccc(F)cc1)CN1CCCN2CCCC2C1. The molecule has 0 radical (unpaired) electrons. The van der Waals surface area contributed by atoms with Crippen LogP contribution in [-0.4, -0.2) is 54.3 Å². The molecule has 2 saturated heterocycles. The van der Waals surface area contributed by atoms with Gasteiger partial charge in [0.2, 0.25) is 0 Å². The van der Waals surface area contributed by atoms with E-state index in [2.05, 4.69) is 9.80 Å². The number of halogens is 1. The van der Waals surface area contributed by atoms with Crippen LogP contribution in [0.3, 0.4) is 0 Å². The minimum absolute atomic E-state index is 0.230. The molecular formula is C17H23FN2O. The number of fused-ring (bicyclic) bond motifs is 1. The largest absolute Gasteiger partial charge is 0.299 e. The van der Waals surface area contributed by atoms with E-state index in [1.165, 1.54) is 38.1 Å². The summed E-state index contributed by atoms with van der Waals surface area (Å²) in [7, 11) is 0. The molecule has 2 aliphatic rings. The molecule has 2 aliphatic heterocycles. The molecule has 0 amide bonds. The van der Waals surface area contributed by atoms with Gasteiger partial charge in [-0.15, -0.1) is 0 Å². The van der Waals surface area contributed by atoms with Crippen molar-refractivity contribution in [1.29, 1.82) is 0 Å². The number of Topliss-reactive ketones (excluding diaryl/α,β-unsaturated/α-hetero) is 1. The van der Waals surface area contributed by atoms with Crippen molar-refractivity contribution >= 4 is 5.78 Å². The van der Waals surface area contributed by atoms with Crippen LogP contribution in [0.4, 0.5) is 4.39 Å². The second-order valence-electron chi connectivity index (χ2n) is 6.26. The zero-order chi connectivity index (χ0) is 14.7. The van der Waals surface area contributed by atoms with Gasteiger partial charge >= 0.3 is 0 Å². The number of rotatable bonds is 4. The summed E-state index contributed by atoms with van der Waals surface area (Å²) in [5.41, 5.74) is 0.902. The van der Waals surface area contributed by atoms with Gasteiger partial charge in [0.25, 0.3) is 0 Å². The van der Waals surface area contributed by atoms with Crippen LogP contribution in [0.15, 0.2) is 24.3 Å². The second-order valence-corrected chi connectivity index (χ2v) is 6.26. The second kappa shape index (κ2) is 6.67. The molecule has 1 atom stereocenters. The first-order valence-corrected chi connectivity index (χ1v) is 7.93. The zero-order valence-electron chi connectivity index (χ0n) is 12.4. The fourth-order valence-corrected chi connectivity index (χ4v) is 3.56. The highest BCUT2D eigenvalue weighted by atomic mass is 19.1. The number of hydrogen-bond acceptors (Lipinski definition) is 3. The fourth-order valence-electron chi connectivity index (χ4n) is 3.56. The van der Waals surface area contributed by atoms with E-state index in [-0.39, 0.29) is 11.6 Å². The number of hydrogen-bond donors (Lipinski definition) is 0. The van der Waals surface area contributed by atoms with Gasteiger partial charge in [0, 0.05) is 19.0 Å². The van der Waals surface area contributed by atoms with E-state index < -0.39 is 0 Å². The highest BCUT2D eigenvalue weighted by Gasteiger charge is 2.29. The number of nitrogens with zero attached hydrogens (tertiary/aromatic N) is 2. The van der Waals surface area contributed by atoms with Gasteiger partial charge in [0.15, 0.2) is 5.78 Å². The van der Waals surface area contributed by atoms with Crippen molar-refractivity contribution in [1.82, 2.24) is 9.80 Å². The van der Waals surface area contributed by atoms with Gasteiger partial charge in [0.1, 0.15) is 5.82 Å². The molecule has 1 aromatic carbocycles. The van der Waals surface area contributed by atoms with Gasteiger partial charge in [-0.3, -0.25) is 14.6 Å². The lowest BCUT2D eigenvalue weighted by Crippen LogP contribution is -2.39. The van der Waals surface area contributed by atoms with Crippen LogP contribution in [0.1, 0.15) is 24.8 Å². The van der Waals surface area contributed by atoms with E-state index in [1.54, 1.807) is 12.1 Å². The number of carbonyl (C=O) groups is 1. The standard InChI is InChI=1S/C17H23FN2O/c18-15-6-4-14(5-7-15)11-17(21)13-19-8-2-10-20-9-1-3-16(20)12-19/h4-7,16H,1-3,8-13H2. The average Bonchev–Trinajstić information content (AvgIpc) is 2.80. The number of benzene rings is 1. The third kappa shape index (κ3) is 3.89. The lowest BCUT2D eigenvalue weighted by Gasteiger charge is -2.25. The van der Waals surface area contributed by atoms with E-state index in [9.17, 15) is 9.18 Å². The molecule has 0 N–H and O–H groups in total. The molecule has 0 aromatic heterocycles. The Hall–Kier alpha value is -1.26. The van der Waals surface area contributed by atoms with E-state index in [0.29, 0.717) is 19.0 Å². The maximum absolute atomic E-state index is 12.9. The molecule has 0 spiro atoms. The van der Waals surface area contributed by atoms with Gasteiger partial charge in [-0.2, -0.15) is 0 Å². The Morgan fingerprint density at radius 2 is 1.90 bits per heavy atom. The van der Waals surface area contributed by atoms with Gasteiger partial charge in [-0.25, -0.2) is 4.39 Å². The fraction of sp³-hybridized carbons (Fsp3) is 0.588. The van der Waals surface area contributed by atoms with E-state index in [4.69, 9.17) is 0 Å². The zero-order valence-corrected chi connectivity index (χ0v) is 12.4. The summed E-state index contributed by atoms with van der Waals surface area (Å²) in [4.78, 5) is 17.1. The lowest BCUT2D eigenvalue weighted by molar-refractivity contribution is -0.119. The van der Waals surface area contributed by atoms with Crippen molar-refractivity contribution in [2.45, 2.75) is 31.7 Å². The summed E-state index contributed by atoms with van der Waals surface area (Å²) in [6, 6.07) is 6.89. The first-order chi connectivity index (χ1) is 10.2. The monoisotopic (exact) mass is 290 g/mol. The van der Waals surface area contributed by atoms with Crippen LogP contribution in [0.25, 0.3) is 0 Å².